The predicted octanol–water partition coefficient (Wildman–Crippen LogP) is 5.48. The fourth-order valence-corrected chi connectivity index (χ4v) is 5.70. The molecule has 0 unspecified atom stereocenters. The van der Waals surface area contributed by atoms with E-state index in [1.165, 1.54) is 30.3 Å². The predicted molar refractivity (Wildman–Crippen MR) is 106 cm³/mol. The number of sulfonamides is 1. The smallest absolute Gasteiger partial charge is 0.258 e. The van der Waals surface area contributed by atoms with Gasteiger partial charge in [0, 0.05) is 28.1 Å². The van der Waals surface area contributed by atoms with Crippen molar-refractivity contribution in [3.63, 3.8) is 0 Å². The van der Waals surface area contributed by atoms with Gasteiger partial charge in [0.2, 0.25) is 0 Å². The molecule has 0 saturated carbocycles. The van der Waals surface area contributed by atoms with E-state index < -0.39 is 14.9 Å². The zero-order chi connectivity index (χ0) is 19.8. The van der Waals surface area contributed by atoms with Crippen molar-refractivity contribution >= 4 is 67.0 Å². The Morgan fingerprint density at radius 1 is 1.11 bits per heavy atom. The third-order valence-corrected chi connectivity index (χ3v) is 6.68. The first-order valence-corrected chi connectivity index (χ1v) is 10.5. The number of thiazole rings is 1. The highest BCUT2D eigenvalue weighted by Gasteiger charge is 2.24. The van der Waals surface area contributed by atoms with Gasteiger partial charge in [0.15, 0.2) is 5.13 Å². The maximum absolute atomic E-state index is 12.6. The molecule has 0 spiro atoms. The van der Waals surface area contributed by atoms with Gasteiger partial charge in [-0.3, -0.25) is 14.8 Å². The second-order valence-electron chi connectivity index (χ2n) is 5.15. The molecule has 3 rings (SSSR count). The van der Waals surface area contributed by atoms with Gasteiger partial charge in [-0.2, -0.15) is 0 Å². The quantitative estimate of drug-likeness (QED) is 0.398. The van der Waals surface area contributed by atoms with Crippen molar-refractivity contribution in [3.8, 4) is 11.3 Å². The van der Waals surface area contributed by atoms with Crippen molar-refractivity contribution < 1.29 is 13.3 Å². The van der Waals surface area contributed by atoms with E-state index in [9.17, 15) is 18.5 Å². The average molecular weight is 465 g/mol. The second kappa shape index (κ2) is 7.61. The van der Waals surface area contributed by atoms with Crippen molar-refractivity contribution in [2.75, 3.05) is 4.72 Å². The third-order valence-electron chi connectivity index (χ3n) is 3.31. The Labute approximate surface area is 172 Å². The molecular weight excluding hydrogens is 457 g/mol. The Morgan fingerprint density at radius 2 is 1.78 bits per heavy atom. The van der Waals surface area contributed by atoms with Gasteiger partial charge in [0.25, 0.3) is 15.7 Å². The lowest BCUT2D eigenvalue weighted by Crippen LogP contribution is -2.14. The maximum Gasteiger partial charge on any atom is 0.270 e. The van der Waals surface area contributed by atoms with Crippen LogP contribution in [-0.2, 0) is 10.0 Å². The molecule has 7 nitrogen and oxygen atoms in total. The fourth-order valence-electron chi connectivity index (χ4n) is 2.18. The number of hydrogen-bond acceptors (Lipinski definition) is 6. The molecule has 2 aromatic carbocycles. The van der Waals surface area contributed by atoms with Crippen LogP contribution in [0, 0.1) is 10.1 Å². The van der Waals surface area contributed by atoms with Crippen LogP contribution in [0.3, 0.4) is 0 Å². The van der Waals surface area contributed by atoms with Crippen LogP contribution in [-0.4, -0.2) is 18.3 Å². The molecule has 1 N–H and O–H groups in total. The van der Waals surface area contributed by atoms with Gasteiger partial charge in [-0.15, -0.1) is 11.3 Å². The summed E-state index contributed by atoms with van der Waals surface area (Å²) in [6.07, 6.45) is 0. The first kappa shape index (κ1) is 19.8. The molecule has 1 aromatic heterocycles. The highest BCUT2D eigenvalue weighted by molar-refractivity contribution is 7.93. The summed E-state index contributed by atoms with van der Waals surface area (Å²) in [5, 5.41) is 12.5. The molecule has 3 aromatic rings. The van der Waals surface area contributed by atoms with Crippen LogP contribution < -0.4 is 4.72 Å². The lowest BCUT2D eigenvalue weighted by molar-refractivity contribution is -0.384. The zero-order valence-corrected chi connectivity index (χ0v) is 16.9. The van der Waals surface area contributed by atoms with Crippen molar-refractivity contribution in [2.24, 2.45) is 0 Å². The van der Waals surface area contributed by atoms with E-state index in [1.807, 2.05) is 0 Å². The van der Waals surface area contributed by atoms with Gasteiger partial charge in [0.05, 0.1) is 20.7 Å². The molecule has 0 aliphatic rings. The molecule has 0 bridgehead atoms. The van der Waals surface area contributed by atoms with Crippen LogP contribution in [0.5, 0.6) is 0 Å². The lowest BCUT2D eigenvalue weighted by atomic mass is 10.1. The molecule has 0 fully saturated rings. The molecule has 12 heteroatoms. The van der Waals surface area contributed by atoms with Crippen molar-refractivity contribution in [3.05, 3.63) is 67.0 Å². The van der Waals surface area contributed by atoms with Gasteiger partial charge in [0.1, 0.15) is 4.90 Å². The van der Waals surface area contributed by atoms with Gasteiger partial charge in [-0.05, 0) is 12.1 Å². The Hall–Kier alpha value is -1.91. The van der Waals surface area contributed by atoms with Crippen molar-refractivity contribution in [1.82, 2.24) is 4.98 Å². The Morgan fingerprint density at radius 3 is 2.41 bits per heavy atom. The molecule has 140 valence electrons. The molecule has 0 aliphatic heterocycles. The second-order valence-corrected chi connectivity index (χ2v) is 8.88. The number of nitro groups is 1. The highest BCUT2D eigenvalue weighted by Crippen LogP contribution is 2.35. The normalized spacial score (nSPS) is 11.4. The van der Waals surface area contributed by atoms with Crippen LogP contribution in [0.25, 0.3) is 11.3 Å². The average Bonchev–Trinajstić information content (AvgIpc) is 3.01. The summed E-state index contributed by atoms with van der Waals surface area (Å²) in [6.45, 7) is 0. The summed E-state index contributed by atoms with van der Waals surface area (Å²) in [5.74, 6) is 0. The summed E-state index contributed by atoms with van der Waals surface area (Å²) < 4.78 is 27.5. The van der Waals surface area contributed by atoms with E-state index in [0.29, 0.717) is 11.3 Å². The topological polar surface area (TPSA) is 102 Å². The number of nitrogens with one attached hydrogen (secondary N) is 1. The molecule has 27 heavy (non-hydrogen) atoms. The highest BCUT2D eigenvalue weighted by atomic mass is 35.5. The molecule has 0 amide bonds. The lowest BCUT2D eigenvalue weighted by Gasteiger charge is -2.09. The van der Waals surface area contributed by atoms with E-state index in [1.54, 1.807) is 11.4 Å². The van der Waals surface area contributed by atoms with E-state index in [0.717, 1.165) is 11.3 Å². The van der Waals surface area contributed by atoms with Crippen molar-refractivity contribution in [2.45, 2.75) is 4.90 Å². The summed E-state index contributed by atoms with van der Waals surface area (Å²) in [4.78, 5) is 14.2. The number of benzene rings is 2. The van der Waals surface area contributed by atoms with Gasteiger partial charge in [-0.25, -0.2) is 13.4 Å². The number of anilines is 1. The van der Waals surface area contributed by atoms with Crippen LogP contribution in [0.4, 0.5) is 10.8 Å². The van der Waals surface area contributed by atoms with Crippen molar-refractivity contribution in [1.29, 1.82) is 0 Å². The Bertz CT molecular complexity index is 1130. The van der Waals surface area contributed by atoms with Gasteiger partial charge < -0.3 is 0 Å². The molecule has 1 heterocycles. The third kappa shape index (κ3) is 4.33. The minimum Gasteiger partial charge on any atom is -0.258 e. The minimum atomic E-state index is -4.11. The molecule has 0 atom stereocenters. The Balaban J connectivity index is 1.92. The number of hydrogen-bond donors (Lipinski definition) is 1. The summed E-state index contributed by atoms with van der Waals surface area (Å²) in [6, 6.07) is 8.38. The largest absolute Gasteiger partial charge is 0.270 e. The van der Waals surface area contributed by atoms with Crippen LogP contribution >= 0.6 is 46.1 Å². The number of nitro benzene ring substituents is 1. The number of nitrogens with zero attached hydrogens (tertiary/aromatic N) is 2. The van der Waals surface area contributed by atoms with E-state index in [2.05, 4.69) is 9.71 Å². The van der Waals surface area contributed by atoms with E-state index in [4.69, 9.17) is 34.8 Å². The summed E-state index contributed by atoms with van der Waals surface area (Å²) in [7, 11) is -4.11. The van der Waals surface area contributed by atoms with E-state index >= 15 is 0 Å². The maximum atomic E-state index is 12.6. The molecular formula is C15H8Cl3N3O4S2. The fraction of sp³-hybridized carbons (Fsp3) is 0. The van der Waals surface area contributed by atoms with Crippen LogP contribution in [0.15, 0.2) is 46.7 Å². The monoisotopic (exact) mass is 463 g/mol. The first-order valence-electron chi connectivity index (χ1n) is 7.05. The van der Waals surface area contributed by atoms with Gasteiger partial charge in [-0.1, -0.05) is 46.9 Å². The first-order chi connectivity index (χ1) is 12.7. The standard InChI is InChI=1S/C15H8Cl3N3O4S2/c16-9-5-11(17)14(12(18)6-9)27(24,25)20-15-19-13(7-26-15)8-2-1-3-10(4-8)21(22)23/h1-7H,(H,19,20). The molecule has 0 saturated heterocycles. The van der Waals surface area contributed by atoms with Crippen LogP contribution in [0.2, 0.25) is 15.1 Å². The van der Waals surface area contributed by atoms with Gasteiger partial charge >= 0.3 is 0 Å². The number of rotatable bonds is 5. The minimum absolute atomic E-state index is 0.0542. The van der Waals surface area contributed by atoms with E-state index in [-0.39, 0.29) is 30.8 Å². The number of halogens is 3. The molecule has 0 radical (unpaired) electrons. The Kier molecular flexibility index (Phi) is 5.59. The number of aromatic nitrogens is 1. The SMILES string of the molecule is O=[N+]([O-])c1cccc(-c2csc(NS(=O)(=O)c3c(Cl)cc(Cl)cc3Cl)n2)c1. The summed E-state index contributed by atoms with van der Waals surface area (Å²) >= 11 is 18.7. The summed E-state index contributed by atoms with van der Waals surface area (Å²) in [5.41, 5.74) is 0.769. The molecule has 0 aliphatic carbocycles. The number of non-ortho nitro benzene ring substituents is 1. The van der Waals surface area contributed by atoms with Crippen LogP contribution in [0.1, 0.15) is 0 Å². The zero-order valence-electron chi connectivity index (χ0n) is 13.0.